The van der Waals surface area contributed by atoms with Gasteiger partial charge in [-0.2, -0.15) is 0 Å². The first kappa shape index (κ1) is 8.88. The van der Waals surface area contributed by atoms with E-state index in [9.17, 15) is 0 Å². The van der Waals surface area contributed by atoms with Crippen LogP contribution in [-0.2, 0) is 4.74 Å². The van der Waals surface area contributed by atoms with Crippen LogP contribution in [0.4, 0.5) is 0 Å². The van der Waals surface area contributed by atoms with Crippen LogP contribution in [0.5, 0.6) is 0 Å². The summed E-state index contributed by atoms with van der Waals surface area (Å²) in [5.74, 6) is 0. The molecule has 0 fully saturated rings. The predicted octanol–water partition coefficient (Wildman–Crippen LogP) is -0.269. The number of hydrogen-bond acceptors (Lipinski definition) is 3. The fourth-order valence-electron chi connectivity index (χ4n) is 0.369. The zero-order valence-corrected chi connectivity index (χ0v) is 6.00. The van der Waals surface area contributed by atoms with Crippen molar-refractivity contribution in [2.45, 2.75) is 26.0 Å². The Morgan fingerprint density at radius 2 is 2.11 bits per heavy atom. The molecule has 0 aromatic heterocycles. The van der Waals surface area contributed by atoms with Crippen molar-refractivity contribution in [1.29, 1.82) is 0 Å². The van der Waals surface area contributed by atoms with E-state index in [1.165, 1.54) is 0 Å². The minimum Gasteiger partial charge on any atom is -0.395 e. The van der Waals surface area contributed by atoms with E-state index >= 15 is 0 Å². The molecule has 0 amide bonds. The van der Waals surface area contributed by atoms with E-state index in [4.69, 9.17) is 15.6 Å². The maximum atomic E-state index is 8.44. The Balaban J connectivity index is 3.06. The molecule has 0 heterocycles. The SMILES string of the molecule is CC(C)OC[C@@H](N)CO. The molecule has 0 unspecified atom stereocenters. The van der Waals surface area contributed by atoms with Crippen LogP contribution in [0.1, 0.15) is 13.8 Å². The van der Waals surface area contributed by atoms with Gasteiger partial charge in [-0.25, -0.2) is 0 Å². The second-order valence-corrected chi connectivity index (χ2v) is 2.32. The van der Waals surface area contributed by atoms with E-state index in [1.54, 1.807) is 0 Å². The van der Waals surface area contributed by atoms with E-state index in [2.05, 4.69) is 0 Å². The lowest BCUT2D eigenvalue weighted by Crippen LogP contribution is -2.31. The Labute approximate surface area is 55.8 Å². The number of rotatable bonds is 4. The first-order valence-corrected chi connectivity index (χ1v) is 3.15. The van der Waals surface area contributed by atoms with Gasteiger partial charge < -0.3 is 15.6 Å². The second-order valence-electron chi connectivity index (χ2n) is 2.32. The van der Waals surface area contributed by atoms with Crippen molar-refractivity contribution in [3.05, 3.63) is 0 Å². The molecule has 0 aromatic rings. The molecule has 3 nitrogen and oxygen atoms in total. The van der Waals surface area contributed by atoms with Crippen molar-refractivity contribution < 1.29 is 9.84 Å². The van der Waals surface area contributed by atoms with Gasteiger partial charge in [0.15, 0.2) is 0 Å². The van der Waals surface area contributed by atoms with Gasteiger partial charge in [0.25, 0.3) is 0 Å². The normalized spacial score (nSPS) is 14.3. The zero-order valence-electron chi connectivity index (χ0n) is 6.00. The Morgan fingerprint density at radius 1 is 1.56 bits per heavy atom. The van der Waals surface area contributed by atoms with Gasteiger partial charge in [0, 0.05) is 0 Å². The van der Waals surface area contributed by atoms with Crippen LogP contribution in [0, 0.1) is 0 Å². The van der Waals surface area contributed by atoms with Crippen LogP contribution >= 0.6 is 0 Å². The highest BCUT2D eigenvalue weighted by molar-refractivity contribution is 4.56. The highest BCUT2D eigenvalue weighted by Gasteiger charge is 2.00. The number of ether oxygens (including phenoxy) is 1. The lowest BCUT2D eigenvalue weighted by molar-refractivity contribution is 0.0562. The van der Waals surface area contributed by atoms with Gasteiger partial charge in [-0.1, -0.05) is 0 Å². The van der Waals surface area contributed by atoms with Crippen molar-refractivity contribution in [3.8, 4) is 0 Å². The molecule has 0 rings (SSSR count). The van der Waals surface area contributed by atoms with Gasteiger partial charge in [0.1, 0.15) is 0 Å². The standard InChI is InChI=1S/C6H15NO2/c1-5(2)9-4-6(7)3-8/h5-6,8H,3-4,7H2,1-2H3/t6-/m0/s1. The van der Waals surface area contributed by atoms with E-state index in [0.717, 1.165) is 0 Å². The molecule has 9 heavy (non-hydrogen) atoms. The summed E-state index contributed by atoms with van der Waals surface area (Å²) in [5.41, 5.74) is 5.35. The van der Waals surface area contributed by atoms with Crippen LogP contribution in [0.15, 0.2) is 0 Å². The molecule has 0 aromatic carbocycles. The van der Waals surface area contributed by atoms with Gasteiger partial charge >= 0.3 is 0 Å². The zero-order chi connectivity index (χ0) is 7.28. The Hall–Kier alpha value is -0.120. The molecular formula is C6H15NO2. The molecule has 56 valence electrons. The molecule has 0 aliphatic rings. The number of nitrogens with two attached hydrogens (primary N) is 1. The third-order valence-corrected chi connectivity index (χ3v) is 0.878. The summed E-state index contributed by atoms with van der Waals surface area (Å²) in [6.45, 7) is 4.30. The van der Waals surface area contributed by atoms with Crippen molar-refractivity contribution >= 4 is 0 Å². The molecule has 0 aliphatic heterocycles. The van der Waals surface area contributed by atoms with Crippen molar-refractivity contribution in [3.63, 3.8) is 0 Å². The van der Waals surface area contributed by atoms with Gasteiger partial charge in [-0.3, -0.25) is 0 Å². The third-order valence-electron chi connectivity index (χ3n) is 0.878. The van der Waals surface area contributed by atoms with Crippen molar-refractivity contribution in [2.75, 3.05) is 13.2 Å². The fourth-order valence-corrected chi connectivity index (χ4v) is 0.369. The Kier molecular flexibility index (Phi) is 4.67. The van der Waals surface area contributed by atoms with Crippen LogP contribution in [-0.4, -0.2) is 30.5 Å². The molecule has 0 spiro atoms. The summed E-state index contributed by atoms with van der Waals surface area (Å²) < 4.78 is 5.11. The smallest absolute Gasteiger partial charge is 0.0643 e. The molecule has 3 N–H and O–H groups in total. The third kappa shape index (κ3) is 5.76. The van der Waals surface area contributed by atoms with Crippen LogP contribution in [0.2, 0.25) is 0 Å². The van der Waals surface area contributed by atoms with Crippen LogP contribution < -0.4 is 5.73 Å². The van der Waals surface area contributed by atoms with Crippen molar-refractivity contribution in [2.24, 2.45) is 5.73 Å². The topological polar surface area (TPSA) is 55.5 Å². The molecule has 0 saturated heterocycles. The molecular weight excluding hydrogens is 118 g/mol. The largest absolute Gasteiger partial charge is 0.395 e. The summed E-state index contributed by atoms with van der Waals surface area (Å²) in [6, 6.07) is -0.229. The van der Waals surface area contributed by atoms with Gasteiger partial charge in [0.05, 0.1) is 25.4 Å². The maximum Gasteiger partial charge on any atom is 0.0643 e. The second kappa shape index (κ2) is 4.73. The van der Waals surface area contributed by atoms with E-state index in [-0.39, 0.29) is 18.8 Å². The Bertz CT molecular complexity index is 66.1. The number of hydrogen-bond donors (Lipinski definition) is 2. The summed E-state index contributed by atoms with van der Waals surface area (Å²) in [4.78, 5) is 0. The number of aliphatic hydroxyl groups is 1. The molecule has 0 aliphatic carbocycles. The number of aliphatic hydroxyl groups excluding tert-OH is 1. The summed E-state index contributed by atoms with van der Waals surface area (Å²) >= 11 is 0. The van der Waals surface area contributed by atoms with Gasteiger partial charge in [0.2, 0.25) is 0 Å². The lowest BCUT2D eigenvalue weighted by Gasteiger charge is -2.10. The lowest BCUT2D eigenvalue weighted by atomic mass is 10.3. The first-order chi connectivity index (χ1) is 4.16. The highest BCUT2D eigenvalue weighted by Crippen LogP contribution is 1.88. The quantitative estimate of drug-likeness (QED) is 0.555. The van der Waals surface area contributed by atoms with Gasteiger partial charge in [-0.15, -0.1) is 0 Å². The highest BCUT2D eigenvalue weighted by atomic mass is 16.5. The van der Waals surface area contributed by atoms with Crippen LogP contribution in [0.3, 0.4) is 0 Å². The monoisotopic (exact) mass is 133 g/mol. The molecule has 0 radical (unpaired) electrons. The summed E-state index contributed by atoms with van der Waals surface area (Å²) in [6.07, 6.45) is 0.197. The molecule has 0 saturated carbocycles. The summed E-state index contributed by atoms with van der Waals surface area (Å²) in [5, 5.41) is 8.44. The predicted molar refractivity (Wildman–Crippen MR) is 36.1 cm³/mol. The van der Waals surface area contributed by atoms with E-state index < -0.39 is 0 Å². The maximum absolute atomic E-state index is 8.44. The first-order valence-electron chi connectivity index (χ1n) is 3.15. The van der Waals surface area contributed by atoms with E-state index in [1.807, 2.05) is 13.8 Å². The van der Waals surface area contributed by atoms with Crippen LogP contribution in [0.25, 0.3) is 0 Å². The fraction of sp³-hybridized carbons (Fsp3) is 1.00. The average Bonchev–Trinajstić information content (AvgIpc) is 1.83. The van der Waals surface area contributed by atoms with Crippen molar-refractivity contribution in [1.82, 2.24) is 0 Å². The molecule has 3 heteroatoms. The molecule has 1 atom stereocenters. The average molecular weight is 133 g/mol. The Morgan fingerprint density at radius 3 is 2.44 bits per heavy atom. The van der Waals surface area contributed by atoms with E-state index in [0.29, 0.717) is 6.61 Å². The summed E-state index contributed by atoms with van der Waals surface area (Å²) in [7, 11) is 0. The molecule has 0 bridgehead atoms. The van der Waals surface area contributed by atoms with Gasteiger partial charge in [-0.05, 0) is 13.8 Å². The minimum atomic E-state index is -0.229. The minimum absolute atomic E-state index is 0.00722.